The number of carbonyl (C=O) groups excluding carboxylic acids is 1. The normalized spacial score (nSPS) is 19.9. The number of carbonyl (C=O) groups is 1. The minimum absolute atomic E-state index is 0.323. The quantitative estimate of drug-likeness (QED) is 0.842. The average Bonchev–Trinajstić information content (AvgIpc) is 3.01. The van der Waals surface area contributed by atoms with Gasteiger partial charge in [0.05, 0.1) is 6.26 Å². The highest BCUT2D eigenvalue weighted by molar-refractivity contribution is 5.78. The Morgan fingerprint density at radius 3 is 3.14 bits per heavy atom. The van der Waals surface area contributed by atoms with Gasteiger partial charge in [-0.15, -0.1) is 0 Å². The zero-order valence-corrected chi connectivity index (χ0v) is 12.5. The minimum Gasteiger partial charge on any atom is -0.465 e. The van der Waals surface area contributed by atoms with E-state index >= 15 is 0 Å². The van der Waals surface area contributed by atoms with E-state index in [1.165, 1.54) is 0 Å². The van der Waals surface area contributed by atoms with Gasteiger partial charge in [0.25, 0.3) is 5.91 Å². The lowest BCUT2D eigenvalue weighted by molar-refractivity contribution is -0.131. The van der Waals surface area contributed by atoms with E-state index in [0.29, 0.717) is 12.5 Å². The summed E-state index contributed by atoms with van der Waals surface area (Å²) < 4.78 is 29.4. The van der Waals surface area contributed by atoms with Crippen molar-refractivity contribution in [3.05, 3.63) is 30.2 Å². The second-order valence-electron chi connectivity index (χ2n) is 5.57. The lowest BCUT2D eigenvalue weighted by atomic mass is 9.95. The Balaban J connectivity index is 1.67. The first-order valence-electron chi connectivity index (χ1n) is 7.63. The Morgan fingerprint density at radius 2 is 2.41 bits per heavy atom. The molecule has 0 saturated carbocycles. The van der Waals surface area contributed by atoms with Crippen molar-refractivity contribution in [1.29, 1.82) is 0 Å². The Bertz CT molecular complexity index is 475. The third-order valence-electron chi connectivity index (χ3n) is 3.84. The van der Waals surface area contributed by atoms with Crippen molar-refractivity contribution in [1.82, 2.24) is 10.2 Å². The van der Waals surface area contributed by atoms with Gasteiger partial charge >= 0.3 is 6.43 Å². The van der Waals surface area contributed by atoms with Crippen LogP contribution in [0.4, 0.5) is 8.78 Å². The van der Waals surface area contributed by atoms with Crippen molar-refractivity contribution in [2.45, 2.75) is 25.7 Å². The molecule has 1 aromatic heterocycles. The molecule has 0 bridgehead atoms. The van der Waals surface area contributed by atoms with Gasteiger partial charge in [-0.05, 0) is 49.9 Å². The fourth-order valence-electron chi connectivity index (χ4n) is 2.73. The Kier molecular flexibility index (Phi) is 6.58. The monoisotopic (exact) mass is 312 g/mol. The van der Waals surface area contributed by atoms with Crippen molar-refractivity contribution in [2.24, 2.45) is 5.92 Å². The Morgan fingerprint density at radius 1 is 1.55 bits per heavy atom. The molecule has 22 heavy (non-hydrogen) atoms. The number of hydrogen-bond donors (Lipinski definition) is 1. The maximum atomic E-state index is 12.1. The van der Waals surface area contributed by atoms with Gasteiger partial charge in [-0.25, -0.2) is 0 Å². The van der Waals surface area contributed by atoms with E-state index in [1.807, 2.05) is 18.2 Å². The van der Waals surface area contributed by atoms with E-state index < -0.39 is 12.3 Å². The zero-order valence-electron chi connectivity index (χ0n) is 12.5. The summed E-state index contributed by atoms with van der Waals surface area (Å²) in [4.78, 5) is 13.1. The van der Waals surface area contributed by atoms with E-state index in [2.05, 4.69) is 16.3 Å². The molecule has 2 heterocycles. The van der Waals surface area contributed by atoms with Gasteiger partial charge in [0.1, 0.15) is 5.76 Å². The van der Waals surface area contributed by atoms with Crippen LogP contribution in [0.1, 0.15) is 25.0 Å². The van der Waals surface area contributed by atoms with E-state index in [-0.39, 0.29) is 0 Å². The highest BCUT2D eigenvalue weighted by Crippen LogP contribution is 2.19. The van der Waals surface area contributed by atoms with Crippen molar-refractivity contribution < 1.29 is 18.0 Å². The molecule has 6 heteroatoms. The van der Waals surface area contributed by atoms with E-state index in [0.717, 1.165) is 44.7 Å². The average molecular weight is 312 g/mol. The zero-order chi connectivity index (χ0) is 15.8. The summed E-state index contributed by atoms with van der Waals surface area (Å²) in [6.45, 7) is 3.15. The maximum absolute atomic E-state index is 12.1. The van der Waals surface area contributed by atoms with Gasteiger partial charge < -0.3 is 9.73 Å². The Labute approximate surface area is 129 Å². The second kappa shape index (κ2) is 8.68. The molecule has 0 radical (unpaired) electrons. The molecule has 0 aromatic carbocycles. The summed E-state index contributed by atoms with van der Waals surface area (Å²) in [5.41, 5.74) is 0. The molecular weight excluding hydrogens is 290 g/mol. The molecule has 1 saturated heterocycles. The number of amides is 1. The predicted molar refractivity (Wildman–Crippen MR) is 80.5 cm³/mol. The molecule has 0 spiro atoms. The van der Waals surface area contributed by atoms with Gasteiger partial charge in [-0.2, -0.15) is 8.78 Å². The molecule has 122 valence electrons. The predicted octanol–water partition coefficient (Wildman–Crippen LogP) is 2.78. The molecular formula is C16H22F2N2O2. The van der Waals surface area contributed by atoms with Crippen LogP contribution in [0, 0.1) is 5.92 Å². The van der Waals surface area contributed by atoms with Crippen LogP contribution in [-0.2, 0) is 4.79 Å². The molecule has 1 aliphatic rings. The van der Waals surface area contributed by atoms with Crippen LogP contribution >= 0.6 is 0 Å². The van der Waals surface area contributed by atoms with Crippen LogP contribution in [0.25, 0.3) is 6.08 Å². The van der Waals surface area contributed by atoms with Crippen LogP contribution in [-0.4, -0.2) is 43.4 Å². The summed E-state index contributed by atoms with van der Waals surface area (Å²) >= 11 is 0. The van der Waals surface area contributed by atoms with Crippen molar-refractivity contribution >= 4 is 12.0 Å². The number of nitrogens with zero attached hydrogens (tertiary/aromatic N) is 1. The van der Waals surface area contributed by atoms with Crippen LogP contribution in [0.2, 0.25) is 0 Å². The number of halogens is 2. The number of likely N-dealkylation sites (tertiary alicyclic amines) is 1. The number of alkyl halides is 2. The minimum atomic E-state index is -2.92. The lowest BCUT2D eigenvalue weighted by Gasteiger charge is -2.32. The fourth-order valence-corrected chi connectivity index (χ4v) is 2.73. The first-order chi connectivity index (χ1) is 10.6. The smallest absolute Gasteiger partial charge is 0.315 e. The topological polar surface area (TPSA) is 45.5 Å². The lowest BCUT2D eigenvalue weighted by Crippen LogP contribution is -2.38. The number of rotatable bonds is 7. The largest absolute Gasteiger partial charge is 0.465 e. The fraction of sp³-hybridized carbons (Fsp3) is 0.562. The number of furan rings is 1. The molecule has 1 aromatic rings. The van der Waals surface area contributed by atoms with Gasteiger partial charge in [0.15, 0.2) is 0 Å². The third kappa shape index (κ3) is 5.60. The van der Waals surface area contributed by atoms with Crippen LogP contribution in [0.15, 0.2) is 28.9 Å². The summed E-state index contributed by atoms with van der Waals surface area (Å²) in [5, 5.41) is 2.27. The molecule has 1 amide bonds. The third-order valence-corrected chi connectivity index (χ3v) is 3.84. The van der Waals surface area contributed by atoms with Gasteiger partial charge in [0.2, 0.25) is 0 Å². The van der Waals surface area contributed by atoms with Gasteiger partial charge in [0, 0.05) is 19.6 Å². The SMILES string of the molecule is O=C(NCCC1CCCN(CC=Cc2ccco2)C1)C(F)F. The summed E-state index contributed by atoms with van der Waals surface area (Å²) in [6, 6.07) is 3.76. The Hall–Kier alpha value is -1.69. The number of hydrogen-bond acceptors (Lipinski definition) is 3. The summed E-state index contributed by atoms with van der Waals surface area (Å²) in [7, 11) is 0. The molecule has 1 fully saturated rings. The molecule has 1 N–H and O–H groups in total. The number of piperidine rings is 1. The van der Waals surface area contributed by atoms with Crippen LogP contribution < -0.4 is 5.32 Å². The van der Waals surface area contributed by atoms with E-state index in [1.54, 1.807) is 6.26 Å². The highest BCUT2D eigenvalue weighted by atomic mass is 19.3. The summed E-state index contributed by atoms with van der Waals surface area (Å²) in [5.74, 6) is 0.112. The first-order valence-corrected chi connectivity index (χ1v) is 7.63. The van der Waals surface area contributed by atoms with Gasteiger partial charge in [-0.3, -0.25) is 9.69 Å². The van der Waals surface area contributed by atoms with Crippen molar-refractivity contribution in [3.8, 4) is 0 Å². The summed E-state index contributed by atoms with van der Waals surface area (Å²) in [6.07, 6.45) is 5.67. The number of nitrogens with one attached hydrogen (secondary N) is 1. The molecule has 4 nitrogen and oxygen atoms in total. The van der Waals surface area contributed by atoms with Crippen LogP contribution in [0.3, 0.4) is 0 Å². The first kappa shape index (κ1) is 16.7. The van der Waals surface area contributed by atoms with E-state index in [4.69, 9.17) is 4.42 Å². The molecule has 2 rings (SSSR count). The molecule has 1 unspecified atom stereocenters. The standard InChI is InChI=1S/C16H22F2N2O2/c17-15(18)16(21)19-8-7-13-4-1-9-20(12-13)10-2-5-14-6-3-11-22-14/h2-3,5-6,11,13,15H,1,4,7-10,12H2,(H,19,21). The van der Waals surface area contributed by atoms with E-state index in [9.17, 15) is 13.6 Å². The second-order valence-corrected chi connectivity index (χ2v) is 5.57. The van der Waals surface area contributed by atoms with Crippen LogP contribution in [0.5, 0.6) is 0 Å². The molecule has 0 aliphatic carbocycles. The van der Waals surface area contributed by atoms with Crippen molar-refractivity contribution in [2.75, 3.05) is 26.2 Å². The maximum Gasteiger partial charge on any atom is 0.315 e. The van der Waals surface area contributed by atoms with Crippen molar-refractivity contribution in [3.63, 3.8) is 0 Å². The molecule has 1 atom stereocenters. The highest BCUT2D eigenvalue weighted by Gasteiger charge is 2.20. The van der Waals surface area contributed by atoms with Gasteiger partial charge in [-0.1, -0.05) is 6.08 Å². The molecule has 1 aliphatic heterocycles.